The Morgan fingerprint density at radius 2 is 1.89 bits per heavy atom. The maximum atomic E-state index is 13.6. The third-order valence-electron chi connectivity index (χ3n) is 6.33. The van der Waals surface area contributed by atoms with Crippen LogP contribution in [0, 0.1) is 0 Å². The summed E-state index contributed by atoms with van der Waals surface area (Å²) < 4.78 is 8.87. The number of carbonyl (C=O) groups excluding carboxylic acids is 2. The molecule has 0 unspecified atom stereocenters. The van der Waals surface area contributed by atoms with Crippen LogP contribution in [0.5, 0.6) is 5.75 Å². The Bertz CT molecular complexity index is 1570. The predicted octanol–water partition coefficient (Wildman–Crippen LogP) is 4.04. The molecule has 1 N–H and O–H groups in total. The fourth-order valence-electron chi connectivity index (χ4n) is 4.41. The quantitative estimate of drug-likeness (QED) is 0.362. The van der Waals surface area contributed by atoms with Crippen LogP contribution in [0.1, 0.15) is 32.2 Å². The third kappa shape index (κ3) is 4.97. The summed E-state index contributed by atoms with van der Waals surface area (Å²) in [6, 6.07) is 17.3. The number of hydrogen-bond donors (Lipinski definition) is 1. The molecule has 0 radical (unpaired) electrons. The average molecular weight is 597 g/mol. The van der Waals surface area contributed by atoms with E-state index >= 15 is 0 Å². The van der Waals surface area contributed by atoms with E-state index < -0.39 is 5.91 Å². The number of imidazole rings is 1. The molecule has 2 aromatic heterocycles. The molecule has 0 atom stereocenters. The fraction of sp³-hybridized carbons (Fsp3) is 0.185. The topological polar surface area (TPSA) is 98.5 Å². The van der Waals surface area contributed by atoms with Crippen LogP contribution in [0.4, 0.5) is 0 Å². The molecule has 1 aliphatic rings. The van der Waals surface area contributed by atoms with Gasteiger partial charge in [-0.25, -0.2) is 4.79 Å². The molecule has 0 saturated heterocycles. The lowest BCUT2D eigenvalue weighted by Gasteiger charge is -2.28. The molecule has 1 aliphatic heterocycles. The molecule has 4 aromatic rings. The van der Waals surface area contributed by atoms with Crippen LogP contribution in [0.25, 0.3) is 5.69 Å². The normalized spacial score (nSPS) is 12.7. The molecule has 0 fully saturated rings. The summed E-state index contributed by atoms with van der Waals surface area (Å²) in [5.41, 5.74) is 1.88. The zero-order valence-corrected chi connectivity index (χ0v) is 22.7. The van der Waals surface area contributed by atoms with Gasteiger partial charge in [0.05, 0.1) is 42.3 Å². The van der Waals surface area contributed by atoms with Crippen LogP contribution in [-0.2, 0) is 19.6 Å². The minimum absolute atomic E-state index is 0.0806. The van der Waals surface area contributed by atoms with Crippen molar-refractivity contribution in [1.29, 1.82) is 0 Å². The Morgan fingerprint density at radius 3 is 2.58 bits per heavy atom. The Labute approximate surface area is 231 Å². The summed E-state index contributed by atoms with van der Waals surface area (Å²) in [4.78, 5) is 46.4. The van der Waals surface area contributed by atoms with Gasteiger partial charge in [-0.2, -0.15) is 0 Å². The number of rotatable bonds is 6. The van der Waals surface area contributed by atoms with Crippen LogP contribution in [0.2, 0.25) is 5.02 Å². The first-order valence-electron chi connectivity index (χ1n) is 11.8. The molecular formula is C27H23BrClN5O4. The molecule has 2 amide bonds. The summed E-state index contributed by atoms with van der Waals surface area (Å²) in [6.45, 7) is 0.813. The zero-order chi connectivity index (χ0) is 26.8. The van der Waals surface area contributed by atoms with E-state index in [0.717, 1.165) is 0 Å². The minimum Gasteiger partial charge on any atom is -0.497 e. The van der Waals surface area contributed by atoms with Crippen LogP contribution in [0.15, 0.2) is 76.1 Å². The van der Waals surface area contributed by atoms with Gasteiger partial charge in [0.15, 0.2) is 0 Å². The highest BCUT2D eigenvalue weighted by molar-refractivity contribution is 9.10. The summed E-state index contributed by atoms with van der Waals surface area (Å²) in [6.07, 6.45) is 1.65. The molecular weight excluding hydrogens is 574 g/mol. The SMILES string of the molecule is COc1ccc(-n2c(C(=O)NCc3ccccn3)c3n(c2=O)CCN(C(=O)c2ccc(Br)c(Cl)c2)C3)cc1. The van der Waals surface area contributed by atoms with E-state index in [1.165, 1.54) is 4.57 Å². The van der Waals surface area contributed by atoms with Crippen molar-refractivity contribution in [2.45, 2.75) is 19.6 Å². The van der Waals surface area contributed by atoms with E-state index in [4.69, 9.17) is 16.3 Å². The highest BCUT2D eigenvalue weighted by Gasteiger charge is 2.32. The van der Waals surface area contributed by atoms with Crippen molar-refractivity contribution in [1.82, 2.24) is 24.3 Å². The molecule has 3 heterocycles. The molecule has 2 aromatic carbocycles. The lowest BCUT2D eigenvalue weighted by molar-refractivity contribution is 0.0706. The first-order valence-corrected chi connectivity index (χ1v) is 13.0. The standard InChI is InChI=1S/C27H23BrClN5O4/c1-38-20-8-6-19(7-9-20)34-24(25(35)31-15-18-4-2-3-11-30-18)23-16-32(12-13-33(23)27(34)37)26(36)17-5-10-21(28)22(29)14-17/h2-11,14H,12-13,15-16H2,1H3,(H,31,35). The number of nitrogens with one attached hydrogen (secondary N) is 1. The van der Waals surface area contributed by atoms with Crippen molar-refractivity contribution >= 4 is 39.3 Å². The number of ether oxygens (including phenoxy) is 1. The molecule has 5 rings (SSSR count). The largest absolute Gasteiger partial charge is 0.497 e. The van der Waals surface area contributed by atoms with Gasteiger partial charge in [0.25, 0.3) is 11.8 Å². The van der Waals surface area contributed by atoms with Gasteiger partial charge in [-0.3, -0.25) is 23.7 Å². The first-order chi connectivity index (χ1) is 18.4. The molecule has 38 heavy (non-hydrogen) atoms. The van der Waals surface area contributed by atoms with Crippen molar-refractivity contribution in [3.63, 3.8) is 0 Å². The maximum Gasteiger partial charge on any atom is 0.333 e. The molecule has 0 saturated carbocycles. The van der Waals surface area contributed by atoms with Crippen molar-refractivity contribution in [3.8, 4) is 11.4 Å². The zero-order valence-electron chi connectivity index (χ0n) is 20.4. The smallest absolute Gasteiger partial charge is 0.333 e. The van der Waals surface area contributed by atoms with Crippen LogP contribution >= 0.6 is 27.5 Å². The second-order valence-corrected chi connectivity index (χ2v) is 9.88. The summed E-state index contributed by atoms with van der Waals surface area (Å²) in [7, 11) is 1.55. The number of fused-ring (bicyclic) bond motifs is 1. The van der Waals surface area contributed by atoms with Gasteiger partial charge in [-0.05, 0) is 70.5 Å². The number of benzene rings is 2. The Morgan fingerprint density at radius 1 is 1.11 bits per heavy atom. The number of nitrogens with zero attached hydrogens (tertiary/aromatic N) is 4. The van der Waals surface area contributed by atoms with E-state index in [1.54, 1.807) is 77.4 Å². The molecule has 9 nitrogen and oxygen atoms in total. The van der Waals surface area contributed by atoms with E-state index in [1.807, 2.05) is 6.07 Å². The molecule has 0 aliphatic carbocycles. The summed E-state index contributed by atoms with van der Waals surface area (Å²) >= 11 is 9.55. The molecule has 11 heteroatoms. The lowest BCUT2D eigenvalue weighted by Crippen LogP contribution is -2.41. The summed E-state index contributed by atoms with van der Waals surface area (Å²) in [5, 5.41) is 3.30. The van der Waals surface area contributed by atoms with E-state index in [9.17, 15) is 14.4 Å². The lowest BCUT2D eigenvalue weighted by atomic mass is 10.1. The fourth-order valence-corrected chi connectivity index (χ4v) is 4.83. The number of halogens is 2. The number of pyridine rings is 1. The van der Waals surface area contributed by atoms with Crippen molar-refractivity contribution in [2.75, 3.05) is 13.7 Å². The molecule has 0 bridgehead atoms. The van der Waals surface area contributed by atoms with Gasteiger partial charge >= 0.3 is 5.69 Å². The van der Waals surface area contributed by atoms with Gasteiger partial charge in [0.2, 0.25) is 0 Å². The third-order valence-corrected chi connectivity index (χ3v) is 7.57. The average Bonchev–Trinajstić information content (AvgIpc) is 3.25. The number of methoxy groups -OCH3 is 1. The van der Waals surface area contributed by atoms with Crippen molar-refractivity contribution in [2.24, 2.45) is 0 Å². The first kappa shape index (κ1) is 25.7. The second kappa shape index (κ2) is 10.8. The minimum atomic E-state index is -0.446. The molecule has 194 valence electrons. The van der Waals surface area contributed by atoms with Crippen LogP contribution in [-0.4, -0.2) is 44.5 Å². The maximum absolute atomic E-state index is 13.6. The Hall–Kier alpha value is -3.89. The van der Waals surface area contributed by atoms with Crippen LogP contribution < -0.4 is 15.7 Å². The van der Waals surface area contributed by atoms with E-state index in [2.05, 4.69) is 26.2 Å². The predicted molar refractivity (Wildman–Crippen MR) is 146 cm³/mol. The number of hydrogen-bond acceptors (Lipinski definition) is 5. The van der Waals surface area contributed by atoms with Gasteiger partial charge in [-0.15, -0.1) is 0 Å². The van der Waals surface area contributed by atoms with E-state index in [0.29, 0.717) is 44.4 Å². The molecule has 0 spiro atoms. The Kier molecular flexibility index (Phi) is 7.35. The van der Waals surface area contributed by atoms with Gasteiger partial charge in [0.1, 0.15) is 11.4 Å². The van der Waals surface area contributed by atoms with Gasteiger partial charge in [0, 0.05) is 29.3 Å². The van der Waals surface area contributed by atoms with Crippen LogP contribution in [0.3, 0.4) is 0 Å². The second-order valence-electron chi connectivity index (χ2n) is 8.62. The number of carbonyl (C=O) groups is 2. The highest BCUT2D eigenvalue weighted by atomic mass is 79.9. The van der Waals surface area contributed by atoms with Gasteiger partial charge in [-0.1, -0.05) is 17.7 Å². The van der Waals surface area contributed by atoms with Gasteiger partial charge < -0.3 is 15.0 Å². The summed E-state index contributed by atoms with van der Waals surface area (Å²) in [5.74, 6) is -0.0645. The highest BCUT2D eigenvalue weighted by Crippen LogP contribution is 2.26. The number of aromatic nitrogens is 3. The number of amides is 2. The Balaban J connectivity index is 1.53. The monoisotopic (exact) mass is 595 g/mol. The van der Waals surface area contributed by atoms with Crippen molar-refractivity contribution < 1.29 is 14.3 Å². The van der Waals surface area contributed by atoms with Crippen molar-refractivity contribution in [3.05, 3.63) is 109 Å². The van der Waals surface area contributed by atoms with E-state index in [-0.39, 0.29) is 36.9 Å².